The Kier molecular flexibility index (Phi) is 6.75. The van der Waals surface area contributed by atoms with Crippen LogP contribution in [-0.4, -0.2) is 24.0 Å². The molecule has 8 nitrogen and oxygen atoms in total. The van der Waals surface area contributed by atoms with Crippen LogP contribution in [0.25, 0.3) is 10.2 Å². The Hall–Kier alpha value is -3.16. The molecule has 0 aliphatic heterocycles. The molecule has 1 aliphatic rings. The van der Waals surface area contributed by atoms with E-state index in [0.29, 0.717) is 32.3 Å². The molecule has 3 aromatic heterocycles. The predicted octanol–water partition coefficient (Wildman–Crippen LogP) is 5.71. The van der Waals surface area contributed by atoms with Crippen molar-refractivity contribution in [1.29, 1.82) is 5.26 Å². The van der Waals surface area contributed by atoms with Crippen molar-refractivity contribution in [1.82, 2.24) is 4.98 Å². The van der Waals surface area contributed by atoms with E-state index in [-0.39, 0.29) is 33.3 Å². The zero-order valence-corrected chi connectivity index (χ0v) is 23.0. The maximum atomic E-state index is 13.5. The first kappa shape index (κ1) is 25.9. The molecule has 190 valence electrons. The number of nitrogen functional groups attached to an aromatic ring is 2. The highest BCUT2D eigenvalue weighted by molar-refractivity contribution is 7.21. The van der Waals surface area contributed by atoms with Crippen molar-refractivity contribution >= 4 is 61.3 Å². The number of carbonyl (C=O) groups excluding carboxylic acids is 2. The molecule has 36 heavy (non-hydrogen) atoms. The summed E-state index contributed by atoms with van der Waals surface area (Å²) in [6.45, 7) is 10.6. The van der Waals surface area contributed by atoms with Crippen LogP contribution in [0.1, 0.15) is 88.6 Å². The number of anilines is 3. The minimum Gasteiger partial charge on any atom is -0.465 e. The van der Waals surface area contributed by atoms with Crippen molar-refractivity contribution in [3.8, 4) is 6.07 Å². The number of methoxy groups -OCH3 is 1. The van der Waals surface area contributed by atoms with Gasteiger partial charge in [-0.05, 0) is 47.6 Å². The maximum Gasteiger partial charge on any atom is 0.341 e. The second kappa shape index (κ2) is 9.37. The van der Waals surface area contributed by atoms with Gasteiger partial charge < -0.3 is 21.5 Å². The van der Waals surface area contributed by atoms with Crippen LogP contribution in [0.3, 0.4) is 0 Å². The predicted molar refractivity (Wildman–Crippen MR) is 146 cm³/mol. The Balaban J connectivity index is 1.77. The highest BCUT2D eigenvalue weighted by Gasteiger charge is 2.35. The number of amides is 1. The third kappa shape index (κ3) is 4.31. The normalized spacial score (nSPS) is 15.6. The zero-order chi connectivity index (χ0) is 26.5. The standard InChI is InChI=1S/C26H31N5O3S2/c1-11(2)16-14(10-27)21(29)30-24-18(16)19(28)20(36-24)22(32)31-23-17(25(33)34-6)13-8-7-12(26(3,4)5)9-15(13)35-23/h11-12H,7-9,28H2,1-6H3,(H2,29,30)(H,31,32). The Morgan fingerprint density at radius 3 is 2.53 bits per heavy atom. The van der Waals surface area contributed by atoms with Gasteiger partial charge in [0.2, 0.25) is 0 Å². The van der Waals surface area contributed by atoms with Crippen molar-refractivity contribution < 1.29 is 14.3 Å². The molecule has 5 N–H and O–H groups in total. The molecule has 1 unspecified atom stereocenters. The maximum absolute atomic E-state index is 13.5. The van der Waals surface area contributed by atoms with Gasteiger partial charge in [-0.15, -0.1) is 22.7 Å². The number of pyridine rings is 1. The van der Waals surface area contributed by atoms with Gasteiger partial charge in [-0.25, -0.2) is 9.78 Å². The third-order valence-corrected chi connectivity index (χ3v) is 9.21. The van der Waals surface area contributed by atoms with Gasteiger partial charge in [0.1, 0.15) is 26.6 Å². The molecule has 0 spiro atoms. The molecule has 3 heterocycles. The van der Waals surface area contributed by atoms with E-state index in [1.807, 2.05) is 13.8 Å². The minimum absolute atomic E-state index is 0.0500. The summed E-state index contributed by atoms with van der Waals surface area (Å²) in [6.07, 6.45) is 2.59. The van der Waals surface area contributed by atoms with Crippen LogP contribution < -0.4 is 16.8 Å². The molecule has 0 fully saturated rings. The largest absolute Gasteiger partial charge is 0.465 e. The lowest BCUT2D eigenvalue weighted by molar-refractivity contribution is 0.0600. The topological polar surface area (TPSA) is 144 Å². The minimum atomic E-state index is -0.462. The molecule has 1 aliphatic carbocycles. The Morgan fingerprint density at radius 2 is 1.94 bits per heavy atom. The van der Waals surface area contributed by atoms with Crippen molar-refractivity contribution in [3.05, 3.63) is 32.0 Å². The lowest BCUT2D eigenvalue weighted by Gasteiger charge is -2.33. The molecule has 10 heteroatoms. The molecule has 0 aromatic carbocycles. The van der Waals surface area contributed by atoms with E-state index in [1.165, 1.54) is 18.4 Å². The number of hydrogen-bond acceptors (Lipinski definition) is 9. The zero-order valence-electron chi connectivity index (χ0n) is 21.4. The molecule has 0 saturated heterocycles. The Morgan fingerprint density at radius 1 is 1.25 bits per heavy atom. The highest BCUT2D eigenvalue weighted by atomic mass is 32.1. The number of aromatic nitrogens is 1. The summed E-state index contributed by atoms with van der Waals surface area (Å²) in [6, 6.07) is 2.12. The van der Waals surface area contributed by atoms with Crippen molar-refractivity contribution in [2.24, 2.45) is 11.3 Å². The average molecular weight is 526 g/mol. The summed E-state index contributed by atoms with van der Waals surface area (Å²) in [5.41, 5.74) is 15.3. The van der Waals surface area contributed by atoms with Gasteiger partial charge >= 0.3 is 5.97 Å². The number of nitrogens with two attached hydrogens (primary N) is 2. The average Bonchev–Trinajstić information content (AvgIpc) is 3.33. The van der Waals surface area contributed by atoms with E-state index >= 15 is 0 Å². The molecule has 3 aromatic rings. The molecular weight excluding hydrogens is 494 g/mol. The fraction of sp³-hybridized carbons (Fsp3) is 0.462. The molecule has 0 radical (unpaired) electrons. The Bertz CT molecular complexity index is 1420. The van der Waals surface area contributed by atoms with E-state index in [0.717, 1.165) is 41.0 Å². The van der Waals surface area contributed by atoms with Gasteiger partial charge in [-0.2, -0.15) is 5.26 Å². The summed E-state index contributed by atoms with van der Waals surface area (Å²) in [7, 11) is 1.35. The van der Waals surface area contributed by atoms with Crippen LogP contribution in [0.2, 0.25) is 0 Å². The SMILES string of the molecule is COC(=O)c1c(NC(=O)c2sc3nc(N)c(C#N)c(C(C)C)c3c2N)sc2c1CCC(C(C)(C)C)C2. The fourth-order valence-corrected chi connectivity index (χ4v) is 7.28. The first-order valence-corrected chi connectivity index (χ1v) is 13.5. The van der Waals surface area contributed by atoms with Gasteiger partial charge in [0.15, 0.2) is 0 Å². The van der Waals surface area contributed by atoms with Gasteiger partial charge in [0.25, 0.3) is 5.91 Å². The van der Waals surface area contributed by atoms with Crippen LogP contribution in [0, 0.1) is 22.7 Å². The first-order chi connectivity index (χ1) is 16.9. The van der Waals surface area contributed by atoms with E-state index in [9.17, 15) is 14.9 Å². The number of nitrogens with zero attached hydrogens (tertiary/aromatic N) is 2. The van der Waals surface area contributed by atoms with E-state index in [2.05, 4.69) is 37.1 Å². The van der Waals surface area contributed by atoms with E-state index < -0.39 is 11.9 Å². The lowest BCUT2D eigenvalue weighted by atomic mass is 9.72. The number of carbonyl (C=O) groups is 2. The smallest absolute Gasteiger partial charge is 0.341 e. The van der Waals surface area contributed by atoms with Crippen LogP contribution in [0.4, 0.5) is 16.5 Å². The van der Waals surface area contributed by atoms with Crippen molar-refractivity contribution in [2.45, 2.75) is 59.8 Å². The van der Waals surface area contributed by atoms with Crippen LogP contribution >= 0.6 is 22.7 Å². The number of ether oxygens (including phenoxy) is 1. The van der Waals surface area contributed by atoms with E-state index in [1.54, 1.807) is 0 Å². The second-order valence-electron chi connectivity index (χ2n) is 10.5. The summed E-state index contributed by atoms with van der Waals surface area (Å²) in [5, 5.41) is 13.6. The highest BCUT2D eigenvalue weighted by Crippen LogP contribution is 2.45. The van der Waals surface area contributed by atoms with Crippen molar-refractivity contribution in [3.63, 3.8) is 0 Å². The third-order valence-electron chi connectivity index (χ3n) is 6.95. The number of hydrogen-bond donors (Lipinski definition) is 3. The number of esters is 1. The number of thiophene rings is 2. The fourth-order valence-electron chi connectivity index (χ4n) is 4.95. The molecular formula is C26H31N5O3S2. The number of rotatable bonds is 4. The van der Waals surface area contributed by atoms with Gasteiger partial charge in [0.05, 0.1) is 23.9 Å². The first-order valence-electron chi connectivity index (χ1n) is 11.8. The lowest BCUT2D eigenvalue weighted by Crippen LogP contribution is -2.26. The molecule has 0 saturated carbocycles. The summed E-state index contributed by atoms with van der Waals surface area (Å²) < 4.78 is 5.08. The summed E-state index contributed by atoms with van der Waals surface area (Å²) in [4.78, 5) is 32.5. The van der Waals surface area contributed by atoms with Crippen LogP contribution in [0.5, 0.6) is 0 Å². The molecule has 1 amide bonds. The monoisotopic (exact) mass is 525 g/mol. The summed E-state index contributed by atoms with van der Waals surface area (Å²) >= 11 is 2.56. The second-order valence-corrected chi connectivity index (χ2v) is 12.6. The molecule has 1 atom stereocenters. The van der Waals surface area contributed by atoms with Crippen molar-refractivity contribution in [2.75, 3.05) is 23.9 Å². The number of fused-ring (bicyclic) bond motifs is 2. The number of nitrogens with one attached hydrogen (secondary N) is 1. The summed E-state index contributed by atoms with van der Waals surface area (Å²) in [5.74, 6) is -0.341. The van der Waals surface area contributed by atoms with Crippen LogP contribution in [0.15, 0.2) is 0 Å². The van der Waals surface area contributed by atoms with Gasteiger partial charge in [-0.1, -0.05) is 34.6 Å². The van der Waals surface area contributed by atoms with E-state index in [4.69, 9.17) is 16.2 Å². The molecule has 0 bridgehead atoms. The van der Waals surface area contributed by atoms with Gasteiger partial charge in [0, 0.05) is 10.3 Å². The Labute approximate surface area is 218 Å². The van der Waals surface area contributed by atoms with Gasteiger partial charge in [-0.3, -0.25) is 4.79 Å². The number of nitriles is 1. The quantitative estimate of drug-likeness (QED) is 0.370. The van der Waals surface area contributed by atoms with Crippen LogP contribution in [-0.2, 0) is 17.6 Å². The molecule has 4 rings (SSSR count).